The van der Waals surface area contributed by atoms with E-state index in [0.717, 1.165) is 22.3 Å². The van der Waals surface area contributed by atoms with Crippen molar-refractivity contribution < 1.29 is 38.9 Å². The average Bonchev–Trinajstić information content (AvgIpc) is 3.95. The van der Waals surface area contributed by atoms with E-state index in [4.69, 9.17) is 44.3 Å². The molecule has 0 radical (unpaired) electrons. The van der Waals surface area contributed by atoms with Crippen molar-refractivity contribution in [2.75, 3.05) is 14.2 Å². The van der Waals surface area contributed by atoms with Gasteiger partial charge in [-0.3, -0.25) is 14.6 Å². The van der Waals surface area contributed by atoms with Gasteiger partial charge in [0.2, 0.25) is 11.2 Å². The molecule has 4 atom stereocenters. The lowest BCUT2D eigenvalue weighted by Gasteiger charge is -2.29. The fourth-order valence-corrected chi connectivity index (χ4v) is 8.76. The number of carbonyl (C=O) groups is 4. The summed E-state index contributed by atoms with van der Waals surface area (Å²) in [4.78, 5) is 65.8. The molecule has 0 saturated carbocycles. The van der Waals surface area contributed by atoms with Crippen molar-refractivity contribution in [3.63, 3.8) is 0 Å². The number of carboxylic acids is 2. The van der Waals surface area contributed by atoms with Gasteiger partial charge in [0.25, 0.3) is 11.8 Å². The van der Waals surface area contributed by atoms with Crippen LogP contribution in [0.25, 0.3) is 22.4 Å². The molecule has 13 nitrogen and oxygen atoms in total. The maximum Gasteiger partial charge on any atom is 0.326 e. The second kappa shape index (κ2) is 19.7. The van der Waals surface area contributed by atoms with E-state index in [2.05, 4.69) is 15.0 Å². The van der Waals surface area contributed by atoms with Crippen molar-refractivity contribution in [1.82, 2.24) is 24.8 Å². The minimum atomic E-state index is -1.03. The number of benzene rings is 4. The lowest BCUT2D eigenvalue weighted by molar-refractivity contribution is -0.142. The van der Waals surface area contributed by atoms with E-state index in [1.807, 2.05) is 36.4 Å². The van der Waals surface area contributed by atoms with E-state index >= 15 is 0 Å². The fourth-order valence-electron chi connectivity index (χ4n) is 8.11. The van der Waals surface area contributed by atoms with Gasteiger partial charge in [-0.25, -0.2) is 14.6 Å². The Hall–Kier alpha value is -6.54. The Morgan fingerprint density at radius 3 is 1.56 bits per heavy atom. The Labute approximate surface area is 377 Å². The summed E-state index contributed by atoms with van der Waals surface area (Å²) in [6.07, 6.45) is 5.00. The molecular weight excluding hydrogens is 869 g/mol. The smallest absolute Gasteiger partial charge is 0.326 e. The molecule has 2 amide bonds. The fraction of sp³-hybridized carbons (Fsp3) is 0.213. The topological polar surface area (TPSA) is 172 Å². The number of methoxy groups -OCH3 is 2. The summed E-state index contributed by atoms with van der Waals surface area (Å²) >= 11 is 18.5. The van der Waals surface area contributed by atoms with Crippen molar-refractivity contribution in [3.8, 4) is 34.0 Å². The second-order valence-electron chi connectivity index (χ2n) is 14.6. The van der Waals surface area contributed by atoms with Gasteiger partial charge in [0.15, 0.2) is 0 Å². The molecule has 0 bridgehead atoms. The van der Waals surface area contributed by atoms with E-state index in [1.165, 1.54) is 16.9 Å². The van der Waals surface area contributed by atoms with Crippen LogP contribution >= 0.6 is 34.8 Å². The Morgan fingerprint density at radius 2 is 1.10 bits per heavy atom. The summed E-state index contributed by atoms with van der Waals surface area (Å²) < 4.78 is 10.6. The Kier molecular flexibility index (Phi) is 13.9. The van der Waals surface area contributed by atoms with Crippen LogP contribution in [-0.2, 0) is 9.59 Å². The number of pyridine rings is 1. The van der Waals surface area contributed by atoms with Gasteiger partial charge in [-0.2, -0.15) is 4.98 Å². The number of hydrogen-bond acceptors (Lipinski definition) is 9. The first-order valence-electron chi connectivity index (χ1n) is 19.8. The molecule has 6 aromatic rings. The SMILES string of the molecule is COc1cccnc1-c1ccc(C(=O)N2[C@@H](c3ccccc3Cl)CC[C@H]2C(=O)O)cc1.COc1nc(Cl)ncc1-c1ccc(C(=O)N2[C@@H](c3ccccc3Cl)CC[C@H]2C(=O)O)cc1. The van der Waals surface area contributed by atoms with Crippen molar-refractivity contribution in [2.24, 2.45) is 0 Å². The molecule has 4 aromatic carbocycles. The second-order valence-corrected chi connectivity index (χ2v) is 15.8. The van der Waals surface area contributed by atoms with Gasteiger partial charge < -0.3 is 29.5 Å². The van der Waals surface area contributed by atoms with E-state index in [1.54, 1.807) is 92.3 Å². The molecule has 2 fully saturated rings. The first kappa shape index (κ1) is 44.5. The molecule has 4 heterocycles. The summed E-state index contributed by atoms with van der Waals surface area (Å²) in [5.41, 5.74) is 5.09. The van der Waals surface area contributed by atoms with Crippen molar-refractivity contribution >= 4 is 58.6 Å². The largest absolute Gasteiger partial charge is 0.494 e. The summed E-state index contributed by atoms with van der Waals surface area (Å²) in [6.45, 7) is 0. The van der Waals surface area contributed by atoms with Crippen LogP contribution in [0.3, 0.4) is 0 Å². The maximum atomic E-state index is 13.4. The highest BCUT2D eigenvalue weighted by atomic mass is 35.5. The van der Waals surface area contributed by atoms with Gasteiger partial charge in [-0.1, -0.05) is 83.9 Å². The lowest BCUT2D eigenvalue weighted by atomic mass is 10.0. The van der Waals surface area contributed by atoms with Gasteiger partial charge in [0.05, 0.1) is 31.9 Å². The number of halogens is 3. The molecule has 2 aromatic heterocycles. The van der Waals surface area contributed by atoms with Crippen LogP contribution < -0.4 is 9.47 Å². The summed E-state index contributed by atoms with van der Waals surface area (Å²) in [6, 6.07) is 29.1. The number of nitrogens with zero attached hydrogens (tertiary/aromatic N) is 5. The highest BCUT2D eigenvalue weighted by Gasteiger charge is 2.44. The summed E-state index contributed by atoms with van der Waals surface area (Å²) in [5.74, 6) is -1.82. The summed E-state index contributed by atoms with van der Waals surface area (Å²) in [5, 5.41) is 20.5. The number of hydrogen-bond donors (Lipinski definition) is 2. The Bertz CT molecular complexity index is 2650. The molecule has 0 spiro atoms. The highest BCUT2D eigenvalue weighted by Crippen LogP contribution is 2.42. The van der Waals surface area contributed by atoms with Crippen LogP contribution in [0.2, 0.25) is 15.3 Å². The van der Waals surface area contributed by atoms with Gasteiger partial charge in [0.1, 0.15) is 23.5 Å². The molecule has 322 valence electrons. The van der Waals surface area contributed by atoms with Crippen molar-refractivity contribution in [1.29, 1.82) is 0 Å². The minimum absolute atomic E-state index is 0.0664. The molecule has 63 heavy (non-hydrogen) atoms. The predicted octanol–water partition coefficient (Wildman–Crippen LogP) is 9.73. The van der Waals surface area contributed by atoms with Gasteiger partial charge in [0, 0.05) is 39.1 Å². The lowest BCUT2D eigenvalue weighted by Crippen LogP contribution is -2.41. The van der Waals surface area contributed by atoms with E-state index in [-0.39, 0.29) is 17.1 Å². The number of ether oxygens (including phenoxy) is 2. The van der Waals surface area contributed by atoms with Crippen molar-refractivity contribution in [3.05, 3.63) is 159 Å². The molecule has 8 rings (SSSR count). The van der Waals surface area contributed by atoms with Crippen LogP contribution in [-0.4, -0.2) is 85.0 Å². The van der Waals surface area contributed by atoms with Gasteiger partial charge in [-0.15, -0.1) is 0 Å². The summed E-state index contributed by atoms with van der Waals surface area (Å²) in [7, 11) is 3.06. The quantitative estimate of drug-likeness (QED) is 0.125. The van der Waals surface area contributed by atoms with Gasteiger partial charge in [-0.05, 0) is 103 Å². The van der Waals surface area contributed by atoms with E-state index in [9.17, 15) is 29.4 Å². The number of aromatic nitrogens is 3. The number of carboxylic acid groups (broad SMARTS) is 2. The first-order valence-corrected chi connectivity index (χ1v) is 20.9. The Morgan fingerprint density at radius 1 is 0.603 bits per heavy atom. The van der Waals surface area contributed by atoms with Crippen LogP contribution in [0.4, 0.5) is 0 Å². The molecule has 2 aliphatic rings. The third-order valence-electron chi connectivity index (χ3n) is 11.1. The molecule has 0 aliphatic carbocycles. The zero-order valence-electron chi connectivity index (χ0n) is 33.9. The number of carbonyl (C=O) groups excluding carboxylic acids is 2. The number of aliphatic carboxylic acids is 2. The molecule has 0 unspecified atom stereocenters. The van der Waals surface area contributed by atoms with Crippen LogP contribution in [0, 0.1) is 0 Å². The zero-order chi connectivity index (χ0) is 44.8. The normalized spacial score (nSPS) is 18.0. The number of rotatable bonds is 10. The first-order chi connectivity index (χ1) is 30.4. The number of amides is 2. The minimum Gasteiger partial charge on any atom is -0.494 e. The van der Waals surface area contributed by atoms with Crippen LogP contribution in [0.5, 0.6) is 11.6 Å². The molecule has 2 aliphatic heterocycles. The van der Waals surface area contributed by atoms with E-state index in [0.29, 0.717) is 69.7 Å². The van der Waals surface area contributed by atoms with Crippen LogP contribution in [0.15, 0.2) is 122 Å². The standard InChI is InChI=1S/C24H21ClN2O4.C23H19Cl2N3O4/c1-31-21-7-4-14-26-22(21)15-8-10-16(11-9-15)23(28)27-19(12-13-20(27)24(29)30)17-5-2-3-6-18(17)25;1-32-20-16(12-26-23(25)27-20)13-6-8-14(9-7-13)21(29)28-18(10-11-19(28)22(30)31)15-4-2-3-5-17(15)24/h2-11,14,19-20H,12-13H2,1H3,(H,29,30);2-9,12,18-19H,10-11H2,1H3,(H,30,31)/t19-,20+;18-,19+/m11/s1. The van der Waals surface area contributed by atoms with Gasteiger partial charge >= 0.3 is 11.9 Å². The zero-order valence-corrected chi connectivity index (χ0v) is 36.2. The molecule has 16 heteroatoms. The highest BCUT2D eigenvalue weighted by molar-refractivity contribution is 6.31. The predicted molar refractivity (Wildman–Crippen MR) is 237 cm³/mol. The Balaban J connectivity index is 0.000000189. The maximum absolute atomic E-state index is 13.4. The monoisotopic (exact) mass is 907 g/mol. The molecule has 2 N–H and O–H groups in total. The molecule has 2 saturated heterocycles. The third-order valence-corrected chi connectivity index (χ3v) is 12.0. The third kappa shape index (κ3) is 9.46. The molecular formula is C47H40Cl3N5O8. The van der Waals surface area contributed by atoms with Crippen LogP contribution in [0.1, 0.15) is 69.6 Å². The number of likely N-dealkylation sites (tertiary alicyclic amines) is 2. The van der Waals surface area contributed by atoms with Crippen molar-refractivity contribution in [2.45, 2.75) is 49.9 Å². The van der Waals surface area contributed by atoms with E-state index < -0.39 is 36.1 Å². The average molecular weight is 909 g/mol.